The second-order valence-electron chi connectivity index (χ2n) is 6.98. The summed E-state index contributed by atoms with van der Waals surface area (Å²) < 4.78 is 0. The number of rotatable bonds is 5. The van der Waals surface area contributed by atoms with Gasteiger partial charge in [0.05, 0.1) is 5.69 Å². The van der Waals surface area contributed by atoms with Crippen LogP contribution in [-0.4, -0.2) is 32.8 Å². The molecule has 4 rings (SSSR count). The molecule has 0 saturated heterocycles. The molecular weight excluding hydrogens is 368 g/mol. The Morgan fingerprint density at radius 1 is 1.17 bits per heavy atom. The Balaban J connectivity index is 1.56. The molecule has 29 heavy (non-hydrogen) atoms. The van der Waals surface area contributed by atoms with Gasteiger partial charge in [-0.1, -0.05) is 0 Å². The first-order valence-corrected chi connectivity index (χ1v) is 9.26. The Labute approximate surface area is 167 Å². The monoisotopic (exact) mass is 388 g/mol. The highest BCUT2D eigenvalue weighted by Crippen LogP contribution is 2.28. The first-order valence-electron chi connectivity index (χ1n) is 9.26. The van der Waals surface area contributed by atoms with Crippen molar-refractivity contribution in [2.24, 2.45) is 0 Å². The lowest BCUT2D eigenvalue weighted by atomic mass is 10.1. The molecule has 0 aromatic carbocycles. The summed E-state index contributed by atoms with van der Waals surface area (Å²) in [6.45, 7) is 1.98. The van der Waals surface area contributed by atoms with Gasteiger partial charge in [-0.15, -0.1) is 0 Å². The number of nitrogen functional groups attached to an aromatic ring is 1. The topological polar surface area (TPSA) is 123 Å². The van der Waals surface area contributed by atoms with Crippen LogP contribution in [0.5, 0.6) is 0 Å². The first kappa shape index (κ1) is 18.5. The summed E-state index contributed by atoms with van der Waals surface area (Å²) in [5.74, 6) is -0.00501. The molecule has 0 unspecified atom stereocenters. The second-order valence-corrected chi connectivity index (χ2v) is 6.98. The maximum absolute atomic E-state index is 12.1. The van der Waals surface area contributed by atoms with Crippen LogP contribution in [0.4, 0.5) is 11.6 Å². The molecule has 0 bridgehead atoms. The Hall–Kier alpha value is -3.81. The number of amides is 2. The summed E-state index contributed by atoms with van der Waals surface area (Å²) in [6.07, 6.45) is 9.42. The van der Waals surface area contributed by atoms with E-state index in [1.807, 2.05) is 19.1 Å². The van der Waals surface area contributed by atoms with Crippen molar-refractivity contribution in [1.82, 2.24) is 20.3 Å². The fourth-order valence-electron chi connectivity index (χ4n) is 2.91. The largest absolute Gasteiger partial charge is 0.383 e. The fraction of sp³-hybridized carbons (Fsp3) is 0.190. The summed E-state index contributed by atoms with van der Waals surface area (Å²) in [5, 5.41) is 6.92. The molecule has 3 aromatic rings. The van der Waals surface area contributed by atoms with E-state index in [1.165, 1.54) is 12.2 Å². The minimum absolute atomic E-state index is 0.245. The molecule has 0 aliphatic heterocycles. The fourth-order valence-corrected chi connectivity index (χ4v) is 2.91. The van der Waals surface area contributed by atoms with Crippen molar-refractivity contribution in [2.75, 3.05) is 11.1 Å². The van der Waals surface area contributed by atoms with Crippen LogP contribution >= 0.6 is 0 Å². The summed E-state index contributed by atoms with van der Waals surface area (Å²) >= 11 is 0. The third kappa shape index (κ3) is 4.37. The Bertz CT molecular complexity index is 1140. The van der Waals surface area contributed by atoms with E-state index in [1.54, 1.807) is 24.7 Å². The summed E-state index contributed by atoms with van der Waals surface area (Å²) in [6, 6.07) is 5.75. The quantitative estimate of drug-likeness (QED) is 0.577. The number of nitrogens with zero attached hydrogens (tertiary/aromatic N) is 3. The summed E-state index contributed by atoms with van der Waals surface area (Å²) in [7, 11) is 0. The van der Waals surface area contributed by atoms with Gasteiger partial charge < -0.3 is 16.4 Å². The van der Waals surface area contributed by atoms with E-state index in [0.29, 0.717) is 22.7 Å². The standard InChI is InChI=1S/C21H20N6O2/c1-12-6-7-23-10-15(12)17-8-13-9-18(24-11-16(13)21(22)26-17)27-20(29)5-4-19(28)25-14-2-3-14/h4-11,14H,2-3H2,1H3,(H2,22,26)(H,25,28)(H,24,27,29)/b5-4+. The van der Waals surface area contributed by atoms with Gasteiger partial charge in [0.2, 0.25) is 11.8 Å². The molecule has 1 aliphatic rings. The predicted molar refractivity (Wildman–Crippen MR) is 111 cm³/mol. The van der Waals surface area contributed by atoms with E-state index in [4.69, 9.17) is 5.73 Å². The number of anilines is 2. The number of nitrogens with one attached hydrogen (secondary N) is 2. The van der Waals surface area contributed by atoms with Crippen LogP contribution in [0.3, 0.4) is 0 Å². The normalized spacial score (nSPS) is 13.6. The van der Waals surface area contributed by atoms with Crippen LogP contribution in [0.25, 0.3) is 22.0 Å². The Kier molecular flexibility index (Phi) is 4.90. The minimum atomic E-state index is -0.437. The summed E-state index contributed by atoms with van der Waals surface area (Å²) in [4.78, 5) is 36.6. The molecule has 3 heterocycles. The highest BCUT2D eigenvalue weighted by molar-refractivity contribution is 6.04. The van der Waals surface area contributed by atoms with Crippen LogP contribution in [0, 0.1) is 6.92 Å². The van der Waals surface area contributed by atoms with E-state index < -0.39 is 5.91 Å². The molecular formula is C21H20N6O2. The van der Waals surface area contributed by atoms with Crippen molar-refractivity contribution in [3.63, 3.8) is 0 Å². The zero-order chi connectivity index (χ0) is 20.4. The van der Waals surface area contributed by atoms with Crippen molar-refractivity contribution in [3.8, 4) is 11.3 Å². The molecule has 1 saturated carbocycles. The molecule has 8 heteroatoms. The van der Waals surface area contributed by atoms with E-state index in [0.717, 1.165) is 29.4 Å². The summed E-state index contributed by atoms with van der Waals surface area (Å²) in [5.41, 5.74) is 8.72. The average Bonchev–Trinajstić information content (AvgIpc) is 3.50. The number of carbonyl (C=O) groups excluding carboxylic acids is 2. The molecule has 4 N–H and O–H groups in total. The van der Waals surface area contributed by atoms with E-state index in [9.17, 15) is 9.59 Å². The number of aromatic nitrogens is 3. The van der Waals surface area contributed by atoms with Gasteiger partial charge in [-0.2, -0.15) is 0 Å². The lowest BCUT2D eigenvalue weighted by Crippen LogP contribution is -2.23. The predicted octanol–water partition coefficient (Wildman–Crippen LogP) is 2.36. The molecule has 0 atom stereocenters. The van der Waals surface area contributed by atoms with Gasteiger partial charge in [0.15, 0.2) is 0 Å². The zero-order valence-corrected chi connectivity index (χ0v) is 15.8. The van der Waals surface area contributed by atoms with Gasteiger partial charge >= 0.3 is 0 Å². The van der Waals surface area contributed by atoms with Gasteiger partial charge in [-0.05, 0) is 48.9 Å². The third-order valence-electron chi connectivity index (χ3n) is 4.62. The van der Waals surface area contributed by atoms with E-state index in [-0.39, 0.29) is 11.9 Å². The van der Waals surface area contributed by atoms with Crippen LogP contribution < -0.4 is 16.4 Å². The number of carbonyl (C=O) groups is 2. The molecule has 1 fully saturated rings. The van der Waals surface area contributed by atoms with Gasteiger partial charge in [-0.25, -0.2) is 9.97 Å². The molecule has 1 aliphatic carbocycles. The molecule has 8 nitrogen and oxygen atoms in total. The highest BCUT2D eigenvalue weighted by Gasteiger charge is 2.22. The molecule has 0 radical (unpaired) electrons. The van der Waals surface area contributed by atoms with Gasteiger partial charge in [-0.3, -0.25) is 14.6 Å². The maximum Gasteiger partial charge on any atom is 0.249 e. The van der Waals surface area contributed by atoms with Crippen LogP contribution in [0.1, 0.15) is 18.4 Å². The van der Waals surface area contributed by atoms with Crippen molar-refractivity contribution in [3.05, 3.63) is 54.5 Å². The SMILES string of the molecule is Cc1ccncc1-c1cc2cc(NC(=O)/C=C/C(=O)NC3CC3)ncc2c(N)n1. The van der Waals surface area contributed by atoms with Crippen LogP contribution in [0.15, 0.2) is 48.9 Å². The average molecular weight is 388 g/mol. The van der Waals surface area contributed by atoms with Crippen molar-refractivity contribution in [1.29, 1.82) is 0 Å². The Morgan fingerprint density at radius 3 is 2.72 bits per heavy atom. The number of nitrogens with two attached hydrogens (primary N) is 1. The lowest BCUT2D eigenvalue weighted by molar-refractivity contribution is -0.117. The van der Waals surface area contributed by atoms with Crippen LogP contribution in [-0.2, 0) is 9.59 Å². The number of fused-ring (bicyclic) bond motifs is 1. The van der Waals surface area contributed by atoms with Crippen molar-refractivity contribution >= 4 is 34.2 Å². The lowest BCUT2D eigenvalue weighted by Gasteiger charge is -2.09. The van der Waals surface area contributed by atoms with Crippen LogP contribution in [0.2, 0.25) is 0 Å². The van der Waals surface area contributed by atoms with Gasteiger partial charge in [0, 0.05) is 47.7 Å². The number of hydrogen-bond acceptors (Lipinski definition) is 6. The molecule has 0 spiro atoms. The smallest absolute Gasteiger partial charge is 0.249 e. The molecule has 3 aromatic heterocycles. The third-order valence-corrected chi connectivity index (χ3v) is 4.62. The number of hydrogen-bond donors (Lipinski definition) is 3. The van der Waals surface area contributed by atoms with E-state index in [2.05, 4.69) is 25.6 Å². The van der Waals surface area contributed by atoms with Gasteiger partial charge in [0.25, 0.3) is 0 Å². The highest BCUT2D eigenvalue weighted by atomic mass is 16.2. The minimum Gasteiger partial charge on any atom is -0.383 e. The van der Waals surface area contributed by atoms with Gasteiger partial charge in [0.1, 0.15) is 11.6 Å². The molecule has 2 amide bonds. The number of aryl methyl sites for hydroxylation is 1. The Morgan fingerprint density at radius 2 is 1.97 bits per heavy atom. The zero-order valence-electron chi connectivity index (χ0n) is 15.8. The molecule has 146 valence electrons. The number of pyridine rings is 3. The van der Waals surface area contributed by atoms with Crippen molar-refractivity contribution < 1.29 is 9.59 Å². The first-order chi connectivity index (χ1) is 14.0. The second kappa shape index (κ2) is 7.67. The van der Waals surface area contributed by atoms with E-state index >= 15 is 0 Å². The maximum atomic E-state index is 12.1. The van der Waals surface area contributed by atoms with Crippen molar-refractivity contribution in [2.45, 2.75) is 25.8 Å².